The van der Waals surface area contributed by atoms with Gasteiger partial charge in [0.25, 0.3) is 0 Å². The van der Waals surface area contributed by atoms with Crippen molar-refractivity contribution in [3.8, 4) is 0 Å². The number of hydrogen-bond donors (Lipinski definition) is 1. The van der Waals surface area contributed by atoms with E-state index in [1.807, 2.05) is 0 Å². The fourth-order valence-corrected chi connectivity index (χ4v) is 2.20. The molecule has 2 aromatic rings. The van der Waals surface area contributed by atoms with Crippen LogP contribution in [-0.4, -0.2) is 11.5 Å². The zero-order valence-corrected chi connectivity index (χ0v) is 12.1. The number of nitrogens with two attached hydrogens (primary N) is 1. The van der Waals surface area contributed by atoms with Crippen LogP contribution in [-0.2, 0) is 0 Å². The van der Waals surface area contributed by atoms with Crippen LogP contribution in [0.4, 0.5) is 24.5 Å². The topological polar surface area (TPSA) is 29.3 Å². The highest BCUT2D eigenvalue weighted by Crippen LogP contribution is 2.32. The lowest BCUT2D eigenvalue weighted by atomic mass is 10.1. The van der Waals surface area contributed by atoms with E-state index in [-0.39, 0.29) is 28.5 Å². The van der Waals surface area contributed by atoms with Crippen LogP contribution in [0.15, 0.2) is 36.4 Å². The summed E-state index contributed by atoms with van der Waals surface area (Å²) in [6.07, 6.45) is 0. The van der Waals surface area contributed by atoms with Gasteiger partial charge in [0.2, 0.25) is 0 Å². The van der Waals surface area contributed by atoms with E-state index in [1.54, 1.807) is 13.0 Å². The van der Waals surface area contributed by atoms with Gasteiger partial charge in [-0.3, -0.25) is 0 Å². The number of rotatable bonds is 4. The van der Waals surface area contributed by atoms with Gasteiger partial charge >= 0.3 is 0 Å². The first-order valence-electron chi connectivity index (χ1n) is 6.26. The van der Waals surface area contributed by atoms with Crippen molar-refractivity contribution in [3.63, 3.8) is 0 Å². The molecule has 0 fully saturated rings. The third-order valence-corrected chi connectivity index (χ3v) is 3.27. The fraction of sp³-hybridized carbons (Fsp3) is 0.133. The summed E-state index contributed by atoms with van der Waals surface area (Å²) in [6.45, 7) is 1.87. The molecule has 0 spiro atoms. The van der Waals surface area contributed by atoms with Crippen LogP contribution in [0.5, 0.6) is 0 Å². The van der Waals surface area contributed by atoms with E-state index in [0.29, 0.717) is 0 Å². The summed E-state index contributed by atoms with van der Waals surface area (Å²) in [4.78, 5) is 1.12. The highest BCUT2D eigenvalue weighted by atomic mass is 32.1. The van der Waals surface area contributed by atoms with Crippen molar-refractivity contribution in [3.05, 3.63) is 59.4 Å². The van der Waals surface area contributed by atoms with Gasteiger partial charge in [-0.1, -0.05) is 24.4 Å². The Hall–Kier alpha value is -2.08. The lowest BCUT2D eigenvalue weighted by Gasteiger charge is -2.25. The maximum absolute atomic E-state index is 14.2. The molecule has 0 heterocycles. The average Bonchev–Trinajstić information content (AvgIpc) is 2.43. The van der Waals surface area contributed by atoms with Crippen molar-refractivity contribution >= 4 is 28.6 Å². The van der Waals surface area contributed by atoms with E-state index in [2.05, 4.69) is 0 Å². The quantitative estimate of drug-likeness (QED) is 0.869. The Morgan fingerprint density at radius 1 is 1.10 bits per heavy atom. The first-order valence-corrected chi connectivity index (χ1v) is 6.67. The number of para-hydroxylation sites is 1. The Morgan fingerprint density at radius 3 is 2.14 bits per heavy atom. The number of thiocarbonyl (C=S) groups is 1. The number of nitrogens with zero attached hydrogens (tertiary/aromatic N) is 1. The molecule has 0 radical (unpaired) electrons. The summed E-state index contributed by atoms with van der Waals surface area (Å²) < 4.78 is 42.3. The maximum Gasteiger partial charge on any atom is 0.150 e. The highest BCUT2D eigenvalue weighted by Gasteiger charge is 2.21. The molecule has 0 atom stereocenters. The van der Waals surface area contributed by atoms with Crippen LogP contribution in [0, 0.1) is 17.5 Å². The molecule has 2 N–H and O–H groups in total. The van der Waals surface area contributed by atoms with Gasteiger partial charge in [-0.15, -0.1) is 0 Å². The molecule has 110 valence electrons. The summed E-state index contributed by atoms with van der Waals surface area (Å²) >= 11 is 4.70. The number of halogens is 3. The fourth-order valence-electron chi connectivity index (χ4n) is 2.09. The van der Waals surface area contributed by atoms with Gasteiger partial charge < -0.3 is 10.6 Å². The van der Waals surface area contributed by atoms with E-state index in [9.17, 15) is 13.2 Å². The zero-order valence-electron chi connectivity index (χ0n) is 11.2. The molecule has 0 aliphatic carbocycles. The average molecular weight is 310 g/mol. The minimum atomic E-state index is -0.845. The number of anilines is 2. The van der Waals surface area contributed by atoms with Gasteiger partial charge in [-0.2, -0.15) is 0 Å². The van der Waals surface area contributed by atoms with Crippen LogP contribution in [0.2, 0.25) is 0 Å². The third kappa shape index (κ3) is 3.00. The summed E-state index contributed by atoms with van der Waals surface area (Å²) in [6, 6.07) is 7.89. The second-order valence-corrected chi connectivity index (χ2v) is 4.79. The molecular formula is C15H13F3N2S. The third-order valence-electron chi connectivity index (χ3n) is 3.03. The molecular weight excluding hydrogens is 297 g/mol. The second kappa shape index (κ2) is 6.13. The van der Waals surface area contributed by atoms with Crippen LogP contribution in [0.25, 0.3) is 0 Å². The predicted octanol–water partition coefficient (Wildman–Crippen LogP) is 3.90. The molecule has 2 rings (SSSR count). The van der Waals surface area contributed by atoms with Gasteiger partial charge in [-0.25, -0.2) is 13.2 Å². The molecule has 0 aliphatic heterocycles. The molecule has 0 amide bonds. The van der Waals surface area contributed by atoms with Crippen molar-refractivity contribution in [1.82, 2.24) is 0 Å². The van der Waals surface area contributed by atoms with Crippen molar-refractivity contribution in [1.29, 1.82) is 0 Å². The van der Waals surface area contributed by atoms with Crippen molar-refractivity contribution in [2.45, 2.75) is 6.92 Å². The molecule has 6 heteroatoms. The maximum atomic E-state index is 14.2. The lowest BCUT2D eigenvalue weighted by Crippen LogP contribution is -2.21. The number of hydrogen-bond acceptors (Lipinski definition) is 2. The van der Waals surface area contributed by atoms with Crippen molar-refractivity contribution < 1.29 is 13.2 Å². The first-order chi connectivity index (χ1) is 9.95. The Balaban J connectivity index is 2.59. The second-order valence-electron chi connectivity index (χ2n) is 4.35. The molecule has 0 saturated carbocycles. The Morgan fingerprint density at radius 2 is 1.67 bits per heavy atom. The molecule has 0 aliphatic rings. The van der Waals surface area contributed by atoms with E-state index in [4.69, 9.17) is 18.0 Å². The summed E-state index contributed by atoms with van der Waals surface area (Å²) in [5.74, 6) is -2.25. The Kier molecular flexibility index (Phi) is 4.47. The highest BCUT2D eigenvalue weighted by molar-refractivity contribution is 7.80. The summed E-state index contributed by atoms with van der Waals surface area (Å²) in [5, 5.41) is 0. The normalized spacial score (nSPS) is 10.5. The van der Waals surface area contributed by atoms with Crippen LogP contribution < -0.4 is 10.6 Å². The standard InChI is InChI=1S/C15H13F3N2S/c1-2-20(13-6-4-3-5-10(13)16)14-11(17)7-9(15(19)21)8-12(14)18/h3-8H,2H2,1H3,(H2,19,21). The predicted molar refractivity (Wildman–Crippen MR) is 81.3 cm³/mol. The molecule has 2 nitrogen and oxygen atoms in total. The lowest BCUT2D eigenvalue weighted by molar-refractivity contribution is 0.577. The minimum absolute atomic E-state index is 0.0911. The van der Waals surface area contributed by atoms with Gasteiger partial charge in [0.1, 0.15) is 16.5 Å². The van der Waals surface area contributed by atoms with E-state index < -0.39 is 17.5 Å². The largest absolute Gasteiger partial charge is 0.389 e. The van der Waals surface area contributed by atoms with Crippen LogP contribution in [0.1, 0.15) is 12.5 Å². The monoisotopic (exact) mass is 310 g/mol. The van der Waals surface area contributed by atoms with Crippen molar-refractivity contribution in [2.75, 3.05) is 11.4 Å². The molecule has 0 unspecified atom stereocenters. The molecule has 0 aromatic heterocycles. The van der Waals surface area contributed by atoms with Gasteiger partial charge in [0.05, 0.1) is 5.69 Å². The Bertz CT molecular complexity index is 665. The molecule has 2 aromatic carbocycles. The van der Waals surface area contributed by atoms with Crippen LogP contribution in [0.3, 0.4) is 0 Å². The summed E-state index contributed by atoms with van der Waals surface area (Å²) in [7, 11) is 0. The molecule has 0 bridgehead atoms. The minimum Gasteiger partial charge on any atom is -0.389 e. The van der Waals surface area contributed by atoms with Crippen molar-refractivity contribution in [2.24, 2.45) is 5.73 Å². The molecule has 21 heavy (non-hydrogen) atoms. The number of benzene rings is 2. The van der Waals surface area contributed by atoms with E-state index in [1.165, 1.54) is 23.1 Å². The molecule has 0 saturated heterocycles. The smallest absolute Gasteiger partial charge is 0.150 e. The first kappa shape index (κ1) is 15.3. The SMILES string of the molecule is CCN(c1ccccc1F)c1c(F)cc(C(N)=S)cc1F. The zero-order chi connectivity index (χ0) is 15.6. The van der Waals surface area contributed by atoms with Gasteiger partial charge in [0.15, 0.2) is 11.6 Å². The van der Waals surface area contributed by atoms with Crippen LogP contribution >= 0.6 is 12.2 Å². The Labute approximate surface area is 126 Å². The van der Waals surface area contributed by atoms with E-state index >= 15 is 0 Å². The van der Waals surface area contributed by atoms with Gasteiger partial charge in [-0.05, 0) is 31.2 Å². The van der Waals surface area contributed by atoms with E-state index in [0.717, 1.165) is 12.1 Å². The summed E-state index contributed by atoms with van der Waals surface area (Å²) in [5.41, 5.74) is 5.23. The van der Waals surface area contributed by atoms with Gasteiger partial charge in [0, 0.05) is 12.1 Å².